The molecule has 0 spiro atoms. The Bertz CT molecular complexity index is 710. The molecule has 1 aromatic rings. The molecule has 21 heavy (non-hydrogen) atoms. The number of nitrogens with zero attached hydrogens (tertiary/aromatic N) is 1. The van der Waals surface area contributed by atoms with E-state index in [2.05, 4.69) is 15.0 Å². The quantitative estimate of drug-likeness (QED) is 0.725. The molecule has 1 aromatic carbocycles. The molecule has 2 rings (SSSR count). The molecule has 0 fully saturated rings. The summed E-state index contributed by atoms with van der Waals surface area (Å²) in [5.41, 5.74) is 2.10. The van der Waals surface area contributed by atoms with E-state index < -0.39 is 16.0 Å². The number of fused-ring (bicyclic) bond motifs is 1. The van der Waals surface area contributed by atoms with Gasteiger partial charge in [0.25, 0.3) is 10.0 Å². The average molecular weight is 311 g/mol. The fourth-order valence-electron chi connectivity index (χ4n) is 2.23. The molecule has 3 N–H and O–H groups in total. The first-order chi connectivity index (χ1) is 9.79. The van der Waals surface area contributed by atoms with Crippen molar-refractivity contribution >= 4 is 27.6 Å². The van der Waals surface area contributed by atoms with Gasteiger partial charge in [0.05, 0.1) is 5.69 Å². The van der Waals surface area contributed by atoms with Crippen molar-refractivity contribution in [2.45, 2.75) is 31.6 Å². The molecule has 0 saturated carbocycles. The number of aliphatic imine (C=N–C) groups is 1. The average Bonchev–Trinajstić information content (AvgIpc) is 2.31. The lowest BCUT2D eigenvalue weighted by Crippen LogP contribution is -2.41. The summed E-state index contributed by atoms with van der Waals surface area (Å²) in [6.07, 6.45) is 0.347. The number of carboxylic acids is 1. The molecule has 0 aromatic heterocycles. The second-order valence-electron chi connectivity index (χ2n) is 4.92. The van der Waals surface area contributed by atoms with Crippen molar-refractivity contribution in [1.29, 1.82) is 0 Å². The summed E-state index contributed by atoms with van der Waals surface area (Å²) in [5, 5.41) is 11.5. The molecule has 0 aliphatic carbocycles. The van der Waals surface area contributed by atoms with Gasteiger partial charge in [-0.1, -0.05) is 6.07 Å². The molecule has 0 amide bonds. The topological polar surface area (TPSA) is 108 Å². The number of guanidine groups is 1. The summed E-state index contributed by atoms with van der Waals surface area (Å²) in [6, 6.07) is 3.54. The maximum Gasteiger partial charge on any atom is 0.303 e. The summed E-state index contributed by atoms with van der Waals surface area (Å²) in [7, 11) is -3.65. The highest BCUT2D eigenvalue weighted by Gasteiger charge is 2.28. The fourth-order valence-corrected chi connectivity index (χ4v) is 3.58. The largest absolute Gasteiger partial charge is 0.481 e. The number of hydrogen-bond acceptors (Lipinski definition) is 4. The summed E-state index contributed by atoms with van der Waals surface area (Å²) in [6.45, 7) is 3.85. The number of carbonyl (C=O) groups is 1. The van der Waals surface area contributed by atoms with Crippen LogP contribution in [0.4, 0.5) is 5.69 Å². The van der Waals surface area contributed by atoms with Gasteiger partial charge in [-0.15, -0.1) is 0 Å². The van der Waals surface area contributed by atoms with E-state index >= 15 is 0 Å². The van der Waals surface area contributed by atoms with Crippen molar-refractivity contribution in [2.24, 2.45) is 4.99 Å². The number of nitrogens with one attached hydrogen (secondary N) is 2. The van der Waals surface area contributed by atoms with Gasteiger partial charge in [0, 0.05) is 13.0 Å². The maximum atomic E-state index is 12.2. The second kappa shape index (κ2) is 5.72. The Kier molecular flexibility index (Phi) is 4.17. The molecular formula is C13H17N3O4S. The number of anilines is 1. The Labute approximate surface area is 123 Å². The minimum atomic E-state index is -3.65. The number of sulfonamides is 1. The zero-order valence-electron chi connectivity index (χ0n) is 11.8. The molecule has 0 saturated heterocycles. The Balaban J connectivity index is 2.25. The molecule has 0 atom stereocenters. The van der Waals surface area contributed by atoms with Gasteiger partial charge < -0.3 is 10.4 Å². The fraction of sp³-hybridized carbons (Fsp3) is 0.385. The van der Waals surface area contributed by atoms with Gasteiger partial charge in [0.1, 0.15) is 4.90 Å². The molecule has 0 unspecified atom stereocenters. The molecule has 1 aliphatic rings. The van der Waals surface area contributed by atoms with E-state index in [4.69, 9.17) is 5.11 Å². The molecule has 1 heterocycles. The Morgan fingerprint density at radius 3 is 2.71 bits per heavy atom. The van der Waals surface area contributed by atoms with Gasteiger partial charge in [-0.05, 0) is 37.5 Å². The SMILES string of the molecule is Cc1cc(C)c2c(c1)NC(=NCCCC(=O)O)NS2(=O)=O. The Morgan fingerprint density at radius 2 is 2.05 bits per heavy atom. The van der Waals surface area contributed by atoms with Crippen LogP contribution in [-0.4, -0.2) is 32.0 Å². The maximum absolute atomic E-state index is 12.2. The van der Waals surface area contributed by atoms with Crippen molar-refractivity contribution in [1.82, 2.24) is 4.72 Å². The molecule has 114 valence electrons. The van der Waals surface area contributed by atoms with Crippen LogP contribution in [0.25, 0.3) is 0 Å². The van der Waals surface area contributed by atoms with E-state index in [0.717, 1.165) is 5.56 Å². The number of benzene rings is 1. The van der Waals surface area contributed by atoms with E-state index in [9.17, 15) is 13.2 Å². The summed E-state index contributed by atoms with van der Waals surface area (Å²) >= 11 is 0. The van der Waals surface area contributed by atoms with Crippen LogP contribution in [0.15, 0.2) is 22.0 Å². The van der Waals surface area contributed by atoms with Crippen molar-refractivity contribution in [3.8, 4) is 0 Å². The van der Waals surface area contributed by atoms with Crippen LogP contribution in [0.3, 0.4) is 0 Å². The minimum Gasteiger partial charge on any atom is -0.481 e. The van der Waals surface area contributed by atoms with Gasteiger partial charge in [0.2, 0.25) is 5.96 Å². The lowest BCUT2D eigenvalue weighted by atomic mass is 10.1. The number of carboxylic acid groups (broad SMARTS) is 1. The standard InChI is InChI=1S/C13H17N3O4S/c1-8-6-9(2)12-10(7-8)15-13(16-21(12,19)20)14-5-3-4-11(17)18/h6-7H,3-5H2,1-2H3,(H,17,18)(H2,14,15,16). The minimum absolute atomic E-state index is 0.00165. The highest BCUT2D eigenvalue weighted by atomic mass is 32.2. The lowest BCUT2D eigenvalue weighted by molar-refractivity contribution is -0.137. The van der Waals surface area contributed by atoms with E-state index in [1.54, 1.807) is 19.1 Å². The van der Waals surface area contributed by atoms with Crippen LogP contribution >= 0.6 is 0 Å². The number of hydrogen-bond donors (Lipinski definition) is 3. The third kappa shape index (κ3) is 3.52. The van der Waals surface area contributed by atoms with Crippen molar-refractivity contribution < 1.29 is 18.3 Å². The molecule has 8 heteroatoms. The van der Waals surface area contributed by atoms with Crippen LogP contribution in [0, 0.1) is 13.8 Å². The normalized spacial score (nSPS) is 17.7. The second-order valence-corrected chi connectivity index (χ2v) is 6.54. The summed E-state index contributed by atoms with van der Waals surface area (Å²) in [5.74, 6) is -0.776. The summed E-state index contributed by atoms with van der Waals surface area (Å²) in [4.78, 5) is 14.7. The molecule has 0 radical (unpaired) electrons. The zero-order chi connectivity index (χ0) is 15.6. The van der Waals surface area contributed by atoms with Gasteiger partial charge in [-0.25, -0.2) is 13.1 Å². The van der Waals surface area contributed by atoms with Gasteiger partial charge >= 0.3 is 5.97 Å². The van der Waals surface area contributed by atoms with E-state index in [1.807, 2.05) is 6.92 Å². The van der Waals surface area contributed by atoms with Gasteiger partial charge in [-0.3, -0.25) is 9.79 Å². The molecule has 0 bridgehead atoms. The Hall–Kier alpha value is -2.09. The van der Waals surface area contributed by atoms with E-state index in [0.29, 0.717) is 17.7 Å². The highest BCUT2D eigenvalue weighted by molar-refractivity contribution is 7.90. The lowest BCUT2D eigenvalue weighted by Gasteiger charge is -2.23. The number of aryl methyl sites for hydroxylation is 2. The first-order valence-corrected chi connectivity index (χ1v) is 7.95. The van der Waals surface area contributed by atoms with E-state index in [1.165, 1.54) is 0 Å². The molecular weight excluding hydrogens is 294 g/mol. The summed E-state index contributed by atoms with van der Waals surface area (Å²) < 4.78 is 26.8. The van der Waals surface area contributed by atoms with Crippen LogP contribution in [-0.2, 0) is 14.8 Å². The number of rotatable bonds is 4. The molecule has 1 aliphatic heterocycles. The molecule has 7 nitrogen and oxygen atoms in total. The van der Waals surface area contributed by atoms with E-state index in [-0.39, 0.29) is 23.8 Å². The van der Waals surface area contributed by atoms with Crippen LogP contribution in [0.1, 0.15) is 24.0 Å². The first-order valence-electron chi connectivity index (χ1n) is 6.47. The predicted molar refractivity (Wildman–Crippen MR) is 79.0 cm³/mol. The Morgan fingerprint density at radius 1 is 1.33 bits per heavy atom. The van der Waals surface area contributed by atoms with Crippen molar-refractivity contribution in [3.63, 3.8) is 0 Å². The van der Waals surface area contributed by atoms with Crippen LogP contribution in [0.2, 0.25) is 0 Å². The zero-order valence-corrected chi connectivity index (χ0v) is 12.6. The smallest absolute Gasteiger partial charge is 0.303 e. The van der Waals surface area contributed by atoms with Gasteiger partial charge in [0.15, 0.2) is 0 Å². The van der Waals surface area contributed by atoms with Crippen LogP contribution in [0.5, 0.6) is 0 Å². The monoisotopic (exact) mass is 311 g/mol. The highest BCUT2D eigenvalue weighted by Crippen LogP contribution is 2.29. The van der Waals surface area contributed by atoms with Gasteiger partial charge in [-0.2, -0.15) is 0 Å². The van der Waals surface area contributed by atoms with Crippen molar-refractivity contribution in [2.75, 3.05) is 11.9 Å². The van der Waals surface area contributed by atoms with Crippen molar-refractivity contribution in [3.05, 3.63) is 23.3 Å². The first kappa shape index (κ1) is 15.3. The predicted octanol–water partition coefficient (Wildman–Crippen LogP) is 1.23. The number of aliphatic carboxylic acids is 1. The van der Waals surface area contributed by atoms with Crippen LogP contribution < -0.4 is 10.0 Å². The third-order valence-electron chi connectivity index (χ3n) is 2.99. The third-order valence-corrected chi connectivity index (χ3v) is 4.53.